The van der Waals surface area contributed by atoms with Crippen LogP contribution in [0.5, 0.6) is 0 Å². The van der Waals surface area contributed by atoms with Gasteiger partial charge in [0.2, 0.25) is 0 Å². The summed E-state index contributed by atoms with van der Waals surface area (Å²) in [5.74, 6) is 0. The van der Waals surface area contributed by atoms with E-state index in [0.717, 1.165) is 15.4 Å². The van der Waals surface area contributed by atoms with Crippen molar-refractivity contribution in [3.63, 3.8) is 0 Å². The first-order valence-corrected chi connectivity index (χ1v) is 4.13. The number of halogens is 1. The summed E-state index contributed by atoms with van der Waals surface area (Å²) in [7, 11) is 0. The molecule has 4 heteroatoms. The van der Waals surface area contributed by atoms with E-state index in [4.69, 9.17) is 5.26 Å². The van der Waals surface area contributed by atoms with Crippen molar-refractivity contribution in [2.45, 2.75) is 0 Å². The van der Waals surface area contributed by atoms with E-state index in [1.54, 1.807) is 18.6 Å². The SMILES string of the molecule is N#Cc1c[nH]c2cncc(Br)c12. The third kappa shape index (κ3) is 0.908. The fraction of sp³-hybridized carbons (Fsp3) is 0. The molecule has 58 valence electrons. The van der Waals surface area contributed by atoms with Gasteiger partial charge in [-0.2, -0.15) is 5.26 Å². The number of aromatic amines is 1. The molecule has 1 N–H and O–H groups in total. The number of H-pyrrole nitrogens is 1. The lowest BCUT2D eigenvalue weighted by Gasteiger charge is -1.91. The molecule has 0 aromatic carbocycles. The second-order valence-corrected chi connectivity index (χ2v) is 3.21. The van der Waals surface area contributed by atoms with E-state index in [0.29, 0.717) is 5.56 Å². The van der Waals surface area contributed by atoms with Gasteiger partial charge in [0.05, 0.1) is 17.3 Å². The summed E-state index contributed by atoms with van der Waals surface area (Å²) in [4.78, 5) is 6.94. The molecule has 12 heavy (non-hydrogen) atoms. The molecular weight excluding hydrogens is 218 g/mol. The Labute approximate surface area is 77.2 Å². The quantitative estimate of drug-likeness (QED) is 0.742. The summed E-state index contributed by atoms with van der Waals surface area (Å²) in [6.45, 7) is 0. The van der Waals surface area contributed by atoms with Crippen LogP contribution in [0.2, 0.25) is 0 Å². The van der Waals surface area contributed by atoms with Crippen LogP contribution >= 0.6 is 15.9 Å². The van der Waals surface area contributed by atoms with Crippen LogP contribution < -0.4 is 0 Å². The van der Waals surface area contributed by atoms with Crippen molar-refractivity contribution >= 4 is 26.8 Å². The fourth-order valence-corrected chi connectivity index (χ4v) is 1.67. The molecule has 0 aliphatic carbocycles. The number of nitriles is 1. The zero-order chi connectivity index (χ0) is 8.55. The zero-order valence-electron chi connectivity index (χ0n) is 6.00. The standard InChI is InChI=1S/C8H4BrN3/c9-6-3-11-4-7-8(6)5(1-10)2-12-7/h2-4,12H. The first-order valence-electron chi connectivity index (χ1n) is 3.33. The van der Waals surface area contributed by atoms with E-state index in [1.807, 2.05) is 0 Å². The molecule has 0 spiro atoms. The minimum absolute atomic E-state index is 0.638. The molecular formula is C8H4BrN3. The highest BCUT2D eigenvalue weighted by molar-refractivity contribution is 9.10. The van der Waals surface area contributed by atoms with Gasteiger partial charge < -0.3 is 4.98 Å². The third-order valence-corrected chi connectivity index (χ3v) is 2.26. The third-order valence-electron chi connectivity index (χ3n) is 1.66. The molecule has 0 radical (unpaired) electrons. The molecule has 0 amide bonds. The highest BCUT2D eigenvalue weighted by atomic mass is 79.9. The van der Waals surface area contributed by atoms with Gasteiger partial charge in [-0.1, -0.05) is 0 Å². The molecule has 0 bridgehead atoms. The Morgan fingerprint density at radius 1 is 1.50 bits per heavy atom. The summed E-state index contributed by atoms with van der Waals surface area (Å²) < 4.78 is 0.845. The molecule has 0 saturated carbocycles. The summed E-state index contributed by atoms with van der Waals surface area (Å²) >= 11 is 3.33. The van der Waals surface area contributed by atoms with Crippen molar-refractivity contribution in [2.75, 3.05) is 0 Å². The zero-order valence-corrected chi connectivity index (χ0v) is 7.59. The number of fused-ring (bicyclic) bond motifs is 1. The first kappa shape index (κ1) is 7.32. The number of nitrogens with one attached hydrogen (secondary N) is 1. The molecule has 2 aromatic rings. The number of aromatic nitrogens is 2. The van der Waals surface area contributed by atoms with Gasteiger partial charge in [0.25, 0.3) is 0 Å². The van der Waals surface area contributed by atoms with Gasteiger partial charge in [-0.15, -0.1) is 0 Å². The molecule has 2 aromatic heterocycles. The minimum atomic E-state index is 0.638. The first-order chi connectivity index (χ1) is 5.83. The molecule has 2 rings (SSSR count). The summed E-state index contributed by atoms with van der Waals surface area (Å²) in [6.07, 6.45) is 5.05. The van der Waals surface area contributed by atoms with E-state index in [-0.39, 0.29) is 0 Å². The van der Waals surface area contributed by atoms with Crippen LogP contribution in [0.1, 0.15) is 5.56 Å². The smallest absolute Gasteiger partial charge is 0.101 e. The lowest BCUT2D eigenvalue weighted by molar-refractivity contribution is 1.33. The van der Waals surface area contributed by atoms with Gasteiger partial charge >= 0.3 is 0 Å². The second-order valence-electron chi connectivity index (χ2n) is 2.36. The molecule has 3 nitrogen and oxygen atoms in total. The van der Waals surface area contributed by atoms with Gasteiger partial charge in [0.15, 0.2) is 0 Å². The van der Waals surface area contributed by atoms with Crippen molar-refractivity contribution in [1.82, 2.24) is 9.97 Å². The average molecular weight is 222 g/mol. The van der Waals surface area contributed by atoms with Crippen LogP contribution in [0.15, 0.2) is 23.1 Å². The number of rotatable bonds is 0. The Morgan fingerprint density at radius 2 is 2.33 bits per heavy atom. The Hall–Kier alpha value is -1.34. The highest BCUT2D eigenvalue weighted by Crippen LogP contribution is 2.24. The Kier molecular flexibility index (Phi) is 1.59. The molecule has 0 atom stereocenters. The summed E-state index contributed by atoms with van der Waals surface area (Å²) in [5, 5.41) is 9.63. The predicted octanol–water partition coefficient (Wildman–Crippen LogP) is 2.20. The van der Waals surface area contributed by atoms with E-state index in [1.165, 1.54) is 0 Å². The Bertz CT molecular complexity index is 467. The molecule has 0 saturated heterocycles. The maximum atomic E-state index is 8.74. The van der Waals surface area contributed by atoms with Crippen molar-refractivity contribution in [3.8, 4) is 6.07 Å². The minimum Gasteiger partial charge on any atom is -0.359 e. The lowest BCUT2D eigenvalue weighted by atomic mass is 10.2. The normalized spacial score (nSPS) is 10.0. The van der Waals surface area contributed by atoms with Crippen molar-refractivity contribution in [1.29, 1.82) is 5.26 Å². The van der Waals surface area contributed by atoms with Crippen molar-refractivity contribution in [2.24, 2.45) is 0 Å². The van der Waals surface area contributed by atoms with Crippen molar-refractivity contribution in [3.05, 3.63) is 28.6 Å². The maximum Gasteiger partial charge on any atom is 0.101 e. The van der Waals surface area contributed by atoms with Gasteiger partial charge in [-0.05, 0) is 15.9 Å². The molecule has 0 unspecified atom stereocenters. The van der Waals surface area contributed by atoms with E-state index in [2.05, 4.69) is 32.0 Å². The summed E-state index contributed by atoms with van der Waals surface area (Å²) in [5.41, 5.74) is 1.51. The predicted molar refractivity (Wildman–Crippen MR) is 48.5 cm³/mol. The average Bonchev–Trinajstić information content (AvgIpc) is 2.49. The lowest BCUT2D eigenvalue weighted by Crippen LogP contribution is -1.75. The van der Waals surface area contributed by atoms with Gasteiger partial charge in [0, 0.05) is 22.3 Å². The van der Waals surface area contributed by atoms with Gasteiger partial charge in [-0.3, -0.25) is 4.98 Å². The molecule has 0 fully saturated rings. The van der Waals surface area contributed by atoms with Gasteiger partial charge in [-0.25, -0.2) is 0 Å². The van der Waals surface area contributed by atoms with Crippen LogP contribution in [-0.2, 0) is 0 Å². The molecule has 2 heterocycles. The van der Waals surface area contributed by atoms with E-state index < -0.39 is 0 Å². The van der Waals surface area contributed by atoms with Crippen LogP contribution in [0.25, 0.3) is 10.9 Å². The van der Waals surface area contributed by atoms with Crippen LogP contribution in [-0.4, -0.2) is 9.97 Å². The number of nitrogens with zero attached hydrogens (tertiary/aromatic N) is 2. The number of hydrogen-bond donors (Lipinski definition) is 1. The van der Waals surface area contributed by atoms with Crippen LogP contribution in [0.4, 0.5) is 0 Å². The fourth-order valence-electron chi connectivity index (χ4n) is 1.13. The van der Waals surface area contributed by atoms with Gasteiger partial charge in [0.1, 0.15) is 6.07 Å². The van der Waals surface area contributed by atoms with Crippen LogP contribution in [0, 0.1) is 11.3 Å². The highest BCUT2D eigenvalue weighted by Gasteiger charge is 2.05. The van der Waals surface area contributed by atoms with E-state index >= 15 is 0 Å². The molecule has 0 aliphatic rings. The van der Waals surface area contributed by atoms with Crippen molar-refractivity contribution < 1.29 is 0 Å². The summed E-state index contributed by atoms with van der Waals surface area (Å²) in [6, 6.07) is 2.10. The Morgan fingerprint density at radius 3 is 3.08 bits per heavy atom. The number of hydrogen-bond acceptors (Lipinski definition) is 2. The van der Waals surface area contributed by atoms with E-state index in [9.17, 15) is 0 Å². The molecule has 0 aliphatic heterocycles. The Balaban J connectivity index is 2.95. The van der Waals surface area contributed by atoms with Crippen LogP contribution in [0.3, 0.4) is 0 Å². The number of pyridine rings is 1. The maximum absolute atomic E-state index is 8.74. The largest absolute Gasteiger partial charge is 0.359 e. The topological polar surface area (TPSA) is 52.5 Å². The second kappa shape index (κ2) is 2.61. The monoisotopic (exact) mass is 221 g/mol.